The molecule has 0 saturated carbocycles. The summed E-state index contributed by atoms with van der Waals surface area (Å²) in [7, 11) is 0. The lowest BCUT2D eigenvalue weighted by atomic mass is 10.2. The van der Waals surface area contributed by atoms with Crippen molar-refractivity contribution in [3.05, 3.63) is 71.9 Å². The Labute approximate surface area is 202 Å². The molecule has 9 heteroatoms. The van der Waals surface area contributed by atoms with E-state index in [9.17, 15) is 4.79 Å². The number of halogens is 1. The number of hydrogen-bond acceptors (Lipinski definition) is 7. The molecule has 1 amide bonds. The number of benzene rings is 2. The maximum Gasteiger partial charge on any atom is 0.249 e. The molecule has 1 aromatic heterocycles. The van der Waals surface area contributed by atoms with E-state index in [0.717, 1.165) is 47.5 Å². The predicted octanol–water partition coefficient (Wildman–Crippen LogP) is 5.21. The van der Waals surface area contributed by atoms with Gasteiger partial charge in [-0.15, -0.1) is 0 Å². The molecule has 1 aliphatic heterocycles. The third-order valence-electron chi connectivity index (χ3n) is 4.98. The largest absolute Gasteiger partial charge is 0.378 e. The zero-order chi connectivity index (χ0) is 23.0. The molecular formula is C24H24ClN5O2S. The molecule has 0 unspecified atom stereocenters. The molecule has 0 radical (unpaired) electrons. The van der Waals surface area contributed by atoms with E-state index in [-0.39, 0.29) is 5.91 Å². The van der Waals surface area contributed by atoms with Crippen LogP contribution in [0.1, 0.15) is 5.56 Å². The third kappa shape index (κ3) is 6.47. The smallest absolute Gasteiger partial charge is 0.249 e. The highest BCUT2D eigenvalue weighted by atomic mass is 35.5. The van der Waals surface area contributed by atoms with Gasteiger partial charge in [-0.1, -0.05) is 23.4 Å². The maximum atomic E-state index is 11.6. The minimum atomic E-state index is -0.272. The van der Waals surface area contributed by atoms with Gasteiger partial charge in [0.2, 0.25) is 11.9 Å². The molecule has 2 aromatic carbocycles. The van der Waals surface area contributed by atoms with Crippen LogP contribution in [0.25, 0.3) is 0 Å². The van der Waals surface area contributed by atoms with E-state index >= 15 is 0 Å². The first kappa shape index (κ1) is 23.1. The van der Waals surface area contributed by atoms with Gasteiger partial charge in [-0.2, -0.15) is 0 Å². The first-order chi connectivity index (χ1) is 16.1. The Morgan fingerprint density at radius 1 is 1.09 bits per heavy atom. The van der Waals surface area contributed by atoms with Crippen molar-refractivity contribution in [2.75, 3.05) is 41.8 Å². The highest BCUT2D eigenvalue weighted by Crippen LogP contribution is 2.30. The number of nitrogens with zero attached hydrogens (tertiary/aromatic N) is 3. The van der Waals surface area contributed by atoms with E-state index in [4.69, 9.17) is 21.3 Å². The topological polar surface area (TPSA) is 79.4 Å². The monoisotopic (exact) mass is 481 g/mol. The van der Waals surface area contributed by atoms with E-state index in [1.54, 1.807) is 11.8 Å². The second kappa shape index (κ2) is 11.2. The zero-order valence-corrected chi connectivity index (χ0v) is 19.7. The number of rotatable bonds is 7. The molecule has 2 heterocycles. The Balaban J connectivity index is 1.41. The van der Waals surface area contributed by atoms with Crippen molar-refractivity contribution in [2.45, 2.75) is 16.8 Å². The van der Waals surface area contributed by atoms with E-state index in [1.807, 2.05) is 49.5 Å². The van der Waals surface area contributed by atoms with Crippen LogP contribution in [0.3, 0.4) is 0 Å². The van der Waals surface area contributed by atoms with Crippen LogP contribution in [0.4, 0.5) is 23.0 Å². The van der Waals surface area contributed by atoms with Crippen molar-refractivity contribution in [2.24, 2.45) is 0 Å². The van der Waals surface area contributed by atoms with Gasteiger partial charge >= 0.3 is 0 Å². The van der Waals surface area contributed by atoms with Gasteiger partial charge in [-0.3, -0.25) is 4.79 Å². The average Bonchev–Trinajstić information content (AvgIpc) is 2.84. The number of aryl methyl sites for hydroxylation is 1. The van der Waals surface area contributed by atoms with Gasteiger partial charge in [0.15, 0.2) is 0 Å². The first-order valence-corrected chi connectivity index (χ1v) is 11.7. The number of carbonyl (C=O) groups excluding carboxylic acids is 1. The van der Waals surface area contributed by atoms with Crippen molar-refractivity contribution in [3.8, 4) is 0 Å². The number of morpholine rings is 1. The van der Waals surface area contributed by atoms with Gasteiger partial charge in [-0.05, 0) is 55.5 Å². The van der Waals surface area contributed by atoms with E-state index < -0.39 is 0 Å². The van der Waals surface area contributed by atoms with Crippen LogP contribution in [0.15, 0.2) is 76.3 Å². The standard InChI is InChI=1S/C24H24ClN5O2S/c1-17-16-26-24(28-19-2-6-20(7-3-19)30-12-14-32-15-13-30)29-23(17)33-21-8-4-18(5-9-21)27-22(31)10-11-25/h2-11,16H,12-15H2,1H3,(H,27,31)(H,26,28,29). The molecule has 0 bridgehead atoms. The highest BCUT2D eigenvalue weighted by Gasteiger charge is 2.11. The maximum absolute atomic E-state index is 11.6. The first-order valence-electron chi connectivity index (χ1n) is 10.5. The second-order valence-electron chi connectivity index (χ2n) is 7.36. The summed E-state index contributed by atoms with van der Waals surface area (Å²) < 4.78 is 5.42. The molecule has 0 aliphatic carbocycles. The number of nitrogens with one attached hydrogen (secondary N) is 2. The van der Waals surface area contributed by atoms with Crippen LogP contribution < -0.4 is 15.5 Å². The van der Waals surface area contributed by atoms with Crippen LogP contribution in [0, 0.1) is 6.92 Å². The Bertz CT molecular complexity index is 1120. The van der Waals surface area contributed by atoms with Gasteiger partial charge in [0.05, 0.1) is 13.2 Å². The molecule has 1 aliphatic rings. The molecule has 7 nitrogen and oxygen atoms in total. The number of carbonyl (C=O) groups is 1. The van der Waals surface area contributed by atoms with Crippen LogP contribution >= 0.6 is 23.4 Å². The van der Waals surface area contributed by atoms with Crippen molar-refractivity contribution >= 4 is 52.3 Å². The van der Waals surface area contributed by atoms with Crippen LogP contribution in [0.5, 0.6) is 0 Å². The molecule has 4 rings (SSSR count). The summed E-state index contributed by atoms with van der Waals surface area (Å²) in [6.45, 7) is 5.33. The number of aromatic nitrogens is 2. The van der Waals surface area contributed by atoms with Gasteiger partial charge in [0.25, 0.3) is 0 Å². The van der Waals surface area contributed by atoms with Crippen LogP contribution in [0.2, 0.25) is 0 Å². The number of hydrogen-bond donors (Lipinski definition) is 2. The summed E-state index contributed by atoms with van der Waals surface area (Å²) in [5.74, 6) is 0.268. The summed E-state index contributed by atoms with van der Waals surface area (Å²) >= 11 is 6.97. The van der Waals surface area contributed by atoms with Gasteiger partial charge in [-0.25, -0.2) is 9.97 Å². The van der Waals surface area contributed by atoms with Crippen molar-refractivity contribution < 1.29 is 9.53 Å². The van der Waals surface area contributed by atoms with Gasteiger partial charge in [0.1, 0.15) is 5.03 Å². The van der Waals surface area contributed by atoms with E-state index in [0.29, 0.717) is 11.6 Å². The minimum absolute atomic E-state index is 0.272. The SMILES string of the molecule is Cc1cnc(Nc2ccc(N3CCOCC3)cc2)nc1Sc1ccc(NC(=O)C=CCl)cc1. The third-order valence-corrected chi connectivity index (χ3v) is 6.22. The number of anilines is 4. The molecule has 2 N–H and O–H groups in total. The number of amides is 1. The molecule has 0 atom stereocenters. The fourth-order valence-electron chi connectivity index (χ4n) is 3.26. The summed E-state index contributed by atoms with van der Waals surface area (Å²) in [6.07, 6.45) is 3.08. The highest BCUT2D eigenvalue weighted by molar-refractivity contribution is 7.99. The molecule has 33 heavy (non-hydrogen) atoms. The summed E-state index contributed by atoms with van der Waals surface area (Å²) in [5, 5.41) is 6.89. The average molecular weight is 482 g/mol. The van der Waals surface area contributed by atoms with E-state index in [1.165, 1.54) is 17.3 Å². The summed E-state index contributed by atoms with van der Waals surface area (Å²) in [4.78, 5) is 24.0. The fourth-order valence-corrected chi connectivity index (χ4v) is 4.21. The Hall–Kier alpha value is -3.07. The predicted molar refractivity (Wildman–Crippen MR) is 134 cm³/mol. The molecular weight excluding hydrogens is 458 g/mol. The lowest BCUT2D eigenvalue weighted by Gasteiger charge is -2.28. The summed E-state index contributed by atoms with van der Waals surface area (Å²) in [5.41, 5.74) is 4.97. The molecule has 0 spiro atoms. The van der Waals surface area contributed by atoms with Crippen molar-refractivity contribution in [1.82, 2.24) is 9.97 Å². The molecule has 3 aromatic rings. The quantitative estimate of drug-likeness (QED) is 0.354. The second-order valence-corrected chi connectivity index (χ2v) is 8.68. The summed E-state index contributed by atoms with van der Waals surface area (Å²) in [6, 6.07) is 15.8. The fraction of sp³-hybridized carbons (Fsp3) is 0.208. The van der Waals surface area contributed by atoms with Crippen LogP contribution in [-0.2, 0) is 9.53 Å². The van der Waals surface area contributed by atoms with Crippen molar-refractivity contribution in [1.29, 1.82) is 0 Å². The Morgan fingerprint density at radius 2 is 1.79 bits per heavy atom. The minimum Gasteiger partial charge on any atom is -0.378 e. The van der Waals surface area contributed by atoms with E-state index in [2.05, 4.69) is 32.7 Å². The lowest BCUT2D eigenvalue weighted by Crippen LogP contribution is -2.36. The molecule has 170 valence electrons. The Kier molecular flexibility index (Phi) is 7.83. The Morgan fingerprint density at radius 3 is 2.48 bits per heavy atom. The normalized spacial score (nSPS) is 13.8. The number of ether oxygens (including phenoxy) is 1. The van der Waals surface area contributed by atoms with Gasteiger partial charge < -0.3 is 20.3 Å². The molecule has 1 saturated heterocycles. The van der Waals surface area contributed by atoms with Crippen molar-refractivity contribution in [3.63, 3.8) is 0 Å². The zero-order valence-electron chi connectivity index (χ0n) is 18.1. The van der Waals surface area contributed by atoms with Crippen LogP contribution in [-0.4, -0.2) is 42.2 Å². The molecule has 1 fully saturated rings. The lowest BCUT2D eigenvalue weighted by molar-refractivity contribution is -0.111. The van der Waals surface area contributed by atoms with Gasteiger partial charge in [0, 0.05) is 58.4 Å².